The molecule has 0 fully saturated rings. The summed E-state index contributed by atoms with van der Waals surface area (Å²) in [5.41, 5.74) is 1.03. The Morgan fingerprint density at radius 2 is 2.00 bits per heavy atom. The third-order valence-electron chi connectivity index (χ3n) is 2.42. The zero-order valence-corrected chi connectivity index (χ0v) is 11.9. The molecule has 1 aromatic rings. The highest BCUT2D eigenvalue weighted by Crippen LogP contribution is 2.21. The van der Waals surface area contributed by atoms with Gasteiger partial charge in [0.05, 0.1) is 5.75 Å². The minimum absolute atomic E-state index is 0.396. The summed E-state index contributed by atoms with van der Waals surface area (Å²) in [7, 11) is 0. The fourth-order valence-electron chi connectivity index (χ4n) is 1.18. The lowest BCUT2D eigenvalue weighted by Gasteiger charge is -2.10. The largest absolute Gasteiger partial charge is 0.237 e. The van der Waals surface area contributed by atoms with E-state index in [1.807, 2.05) is 17.8 Å². The molecule has 0 radical (unpaired) electrons. The second kappa shape index (κ2) is 6.45. The van der Waals surface area contributed by atoms with Crippen molar-refractivity contribution in [3.8, 4) is 0 Å². The van der Waals surface area contributed by atoms with E-state index in [4.69, 9.17) is 11.6 Å². The summed E-state index contributed by atoms with van der Waals surface area (Å²) in [6, 6.07) is 1.85. The van der Waals surface area contributed by atoms with Crippen molar-refractivity contribution in [1.29, 1.82) is 0 Å². The highest BCUT2D eigenvalue weighted by Gasteiger charge is 2.08. The molecule has 0 saturated carbocycles. The second-order valence-corrected chi connectivity index (χ2v) is 6.03. The van der Waals surface area contributed by atoms with E-state index in [9.17, 15) is 0 Å². The Bertz CT molecular complexity index is 342. The predicted molar refractivity (Wildman–Crippen MR) is 72.2 cm³/mol. The van der Waals surface area contributed by atoms with Crippen LogP contribution >= 0.6 is 23.4 Å². The lowest BCUT2D eigenvalue weighted by atomic mass is 10.1. The van der Waals surface area contributed by atoms with Crippen LogP contribution in [0.2, 0.25) is 5.15 Å². The van der Waals surface area contributed by atoms with Crippen LogP contribution in [0.15, 0.2) is 6.07 Å². The molecule has 0 saturated heterocycles. The van der Waals surface area contributed by atoms with E-state index in [1.165, 1.54) is 6.42 Å². The first kappa shape index (κ1) is 13.8. The van der Waals surface area contributed by atoms with E-state index < -0.39 is 0 Å². The standard InChI is InChI=1S/C12H19ClN2S/c1-5-9(4)16-7-12-14-10(8(2)3)6-11(13)15-12/h6,8-9H,5,7H2,1-4H3. The van der Waals surface area contributed by atoms with Crippen molar-refractivity contribution in [2.75, 3.05) is 0 Å². The minimum Gasteiger partial charge on any atom is -0.237 e. The first-order valence-corrected chi connectivity index (χ1v) is 7.10. The Balaban J connectivity index is 2.72. The lowest BCUT2D eigenvalue weighted by Crippen LogP contribution is -2.02. The molecule has 1 atom stereocenters. The molecule has 4 heteroatoms. The molecule has 0 aliphatic heterocycles. The van der Waals surface area contributed by atoms with Gasteiger partial charge in [-0.05, 0) is 18.4 Å². The van der Waals surface area contributed by atoms with Crippen molar-refractivity contribution < 1.29 is 0 Å². The van der Waals surface area contributed by atoms with Gasteiger partial charge in [0.25, 0.3) is 0 Å². The third-order valence-corrected chi connectivity index (χ3v) is 3.95. The Kier molecular flexibility index (Phi) is 5.56. The van der Waals surface area contributed by atoms with Gasteiger partial charge in [0, 0.05) is 10.9 Å². The van der Waals surface area contributed by atoms with Crippen molar-refractivity contribution in [3.05, 3.63) is 22.7 Å². The van der Waals surface area contributed by atoms with Gasteiger partial charge in [-0.2, -0.15) is 11.8 Å². The van der Waals surface area contributed by atoms with Crippen LogP contribution < -0.4 is 0 Å². The maximum absolute atomic E-state index is 5.98. The SMILES string of the molecule is CCC(C)SCc1nc(Cl)cc(C(C)C)n1. The molecule has 1 unspecified atom stereocenters. The molecule has 1 heterocycles. The molecule has 0 N–H and O–H groups in total. The molecule has 0 amide bonds. The Morgan fingerprint density at radius 1 is 1.31 bits per heavy atom. The topological polar surface area (TPSA) is 25.8 Å². The summed E-state index contributed by atoms with van der Waals surface area (Å²) < 4.78 is 0. The molecule has 90 valence electrons. The first-order chi connectivity index (χ1) is 7.52. The number of hydrogen-bond donors (Lipinski definition) is 0. The highest BCUT2D eigenvalue weighted by molar-refractivity contribution is 7.99. The smallest absolute Gasteiger partial charge is 0.140 e. The maximum Gasteiger partial charge on any atom is 0.140 e. The molecule has 2 nitrogen and oxygen atoms in total. The Labute approximate surface area is 107 Å². The number of nitrogens with zero attached hydrogens (tertiary/aromatic N) is 2. The van der Waals surface area contributed by atoms with Crippen LogP contribution in [0.5, 0.6) is 0 Å². The quantitative estimate of drug-likeness (QED) is 0.737. The van der Waals surface area contributed by atoms with E-state index in [2.05, 4.69) is 37.7 Å². The normalized spacial score (nSPS) is 13.1. The molecule has 0 aromatic carbocycles. The van der Waals surface area contributed by atoms with Gasteiger partial charge in [0.15, 0.2) is 0 Å². The molecular formula is C12H19ClN2S. The highest BCUT2D eigenvalue weighted by atomic mass is 35.5. The summed E-state index contributed by atoms with van der Waals surface area (Å²) in [4.78, 5) is 8.78. The third kappa shape index (κ3) is 4.30. The molecule has 0 spiro atoms. The Hall–Kier alpha value is -0.280. The predicted octanol–water partition coefficient (Wildman–Crippen LogP) is 4.29. The zero-order chi connectivity index (χ0) is 12.1. The molecule has 0 aliphatic rings. The number of halogens is 1. The van der Waals surface area contributed by atoms with Crippen LogP contribution in [0, 0.1) is 0 Å². The van der Waals surface area contributed by atoms with Crippen molar-refractivity contribution >= 4 is 23.4 Å². The van der Waals surface area contributed by atoms with Gasteiger partial charge >= 0.3 is 0 Å². The van der Waals surface area contributed by atoms with Gasteiger partial charge in [-0.25, -0.2) is 9.97 Å². The molecule has 0 aliphatic carbocycles. The van der Waals surface area contributed by atoms with E-state index in [-0.39, 0.29) is 0 Å². The first-order valence-electron chi connectivity index (χ1n) is 5.67. The fourth-order valence-corrected chi connectivity index (χ4v) is 2.19. The summed E-state index contributed by atoms with van der Waals surface area (Å²) >= 11 is 7.86. The van der Waals surface area contributed by atoms with Crippen LogP contribution in [-0.2, 0) is 5.75 Å². The maximum atomic E-state index is 5.98. The number of hydrogen-bond acceptors (Lipinski definition) is 3. The summed E-state index contributed by atoms with van der Waals surface area (Å²) in [6.07, 6.45) is 1.17. The number of aromatic nitrogens is 2. The van der Waals surface area contributed by atoms with Crippen molar-refractivity contribution in [2.45, 2.75) is 51.0 Å². The van der Waals surface area contributed by atoms with Crippen molar-refractivity contribution in [1.82, 2.24) is 9.97 Å². The van der Waals surface area contributed by atoms with E-state index in [0.717, 1.165) is 17.3 Å². The zero-order valence-electron chi connectivity index (χ0n) is 10.3. The van der Waals surface area contributed by atoms with Crippen molar-refractivity contribution in [3.63, 3.8) is 0 Å². The summed E-state index contributed by atoms with van der Waals surface area (Å²) in [6.45, 7) is 8.64. The molecule has 1 rings (SSSR count). The summed E-state index contributed by atoms with van der Waals surface area (Å²) in [5.74, 6) is 2.09. The minimum atomic E-state index is 0.396. The van der Waals surface area contributed by atoms with Gasteiger partial charge in [-0.1, -0.05) is 39.3 Å². The van der Waals surface area contributed by atoms with Crippen LogP contribution in [0.4, 0.5) is 0 Å². The molecular weight excluding hydrogens is 240 g/mol. The molecule has 1 aromatic heterocycles. The average Bonchev–Trinajstić information content (AvgIpc) is 2.25. The van der Waals surface area contributed by atoms with Crippen molar-refractivity contribution in [2.24, 2.45) is 0 Å². The van der Waals surface area contributed by atoms with E-state index in [1.54, 1.807) is 0 Å². The monoisotopic (exact) mass is 258 g/mol. The van der Waals surface area contributed by atoms with Crippen LogP contribution in [-0.4, -0.2) is 15.2 Å². The number of rotatable bonds is 5. The molecule has 16 heavy (non-hydrogen) atoms. The fraction of sp³-hybridized carbons (Fsp3) is 0.667. The van der Waals surface area contributed by atoms with E-state index in [0.29, 0.717) is 16.3 Å². The van der Waals surface area contributed by atoms with Gasteiger partial charge in [0.2, 0.25) is 0 Å². The van der Waals surface area contributed by atoms with Gasteiger partial charge in [-0.15, -0.1) is 0 Å². The van der Waals surface area contributed by atoms with Gasteiger partial charge in [0.1, 0.15) is 11.0 Å². The number of thioether (sulfide) groups is 1. The van der Waals surface area contributed by atoms with Crippen LogP contribution in [0.1, 0.15) is 51.6 Å². The Morgan fingerprint density at radius 3 is 2.56 bits per heavy atom. The van der Waals surface area contributed by atoms with Gasteiger partial charge in [-0.3, -0.25) is 0 Å². The molecule has 0 bridgehead atoms. The summed E-state index contributed by atoms with van der Waals surface area (Å²) in [5, 5.41) is 1.20. The van der Waals surface area contributed by atoms with Gasteiger partial charge < -0.3 is 0 Å². The second-order valence-electron chi connectivity index (χ2n) is 4.22. The lowest BCUT2D eigenvalue weighted by molar-refractivity contribution is 0.798. The average molecular weight is 259 g/mol. The van der Waals surface area contributed by atoms with Crippen LogP contribution in [0.25, 0.3) is 0 Å². The van der Waals surface area contributed by atoms with Crippen LogP contribution in [0.3, 0.4) is 0 Å². The van der Waals surface area contributed by atoms with E-state index >= 15 is 0 Å².